The van der Waals surface area contributed by atoms with Crippen LogP contribution in [0.5, 0.6) is 0 Å². The fourth-order valence-corrected chi connectivity index (χ4v) is 4.02. The molecule has 0 amide bonds. The van der Waals surface area contributed by atoms with E-state index in [9.17, 15) is 0 Å². The SMILES string of the molecule is c1ccc2c(c1)CC(N1CCC(N3CCOCC3)C1)CN2. The third kappa shape index (κ3) is 2.80. The van der Waals surface area contributed by atoms with E-state index in [1.807, 2.05) is 0 Å². The predicted molar refractivity (Wildman–Crippen MR) is 84.8 cm³/mol. The maximum Gasteiger partial charge on any atom is 0.0594 e. The number of fused-ring (bicyclic) bond motifs is 1. The minimum absolute atomic E-state index is 0.658. The van der Waals surface area contributed by atoms with E-state index < -0.39 is 0 Å². The van der Waals surface area contributed by atoms with Crippen LogP contribution in [0.4, 0.5) is 5.69 Å². The summed E-state index contributed by atoms with van der Waals surface area (Å²) >= 11 is 0. The molecule has 3 aliphatic rings. The van der Waals surface area contributed by atoms with Gasteiger partial charge in [0.25, 0.3) is 0 Å². The quantitative estimate of drug-likeness (QED) is 0.890. The first-order chi connectivity index (χ1) is 10.4. The van der Waals surface area contributed by atoms with Gasteiger partial charge in [0.2, 0.25) is 0 Å². The number of anilines is 1. The van der Waals surface area contributed by atoms with E-state index in [1.165, 1.54) is 37.2 Å². The fourth-order valence-electron chi connectivity index (χ4n) is 4.02. The van der Waals surface area contributed by atoms with Gasteiger partial charge in [-0.1, -0.05) is 18.2 Å². The second-order valence-electron chi connectivity index (χ2n) is 6.48. The van der Waals surface area contributed by atoms with Gasteiger partial charge in [-0.15, -0.1) is 0 Å². The molecule has 2 unspecified atom stereocenters. The number of hydrogen-bond donors (Lipinski definition) is 1. The molecule has 1 aromatic carbocycles. The van der Waals surface area contributed by atoms with E-state index in [4.69, 9.17) is 4.74 Å². The van der Waals surface area contributed by atoms with Crippen molar-refractivity contribution in [3.8, 4) is 0 Å². The second-order valence-corrected chi connectivity index (χ2v) is 6.48. The van der Waals surface area contributed by atoms with Crippen LogP contribution < -0.4 is 5.32 Å². The highest BCUT2D eigenvalue weighted by atomic mass is 16.5. The maximum atomic E-state index is 5.48. The zero-order chi connectivity index (χ0) is 14.1. The summed E-state index contributed by atoms with van der Waals surface area (Å²) in [5, 5.41) is 3.61. The van der Waals surface area contributed by atoms with Gasteiger partial charge in [0.15, 0.2) is 0 Å². The lowest BCUT2D eigenvalue weighted by molar-refractivity contribution is 0.0177. The summed E-state index contributed by atoms with van der Waals surface area (Å²) in [4.78, 5) is 5.33. The lowest BCUT2D eigenvalue weighted by Crippen LogP contribution is -2.47. The lowest BCUT2D eigenvalue weighted by atomic mass is 9.99. The van der Waals surface area contributed by atoms with Crippen LogP contribution in [-0.2, 0) is 11.2 Å². The molecule has 2 atom stereocenters. The van der Waals surface area contributed by atoms with Gasteiger partial charge in [0.05, 0.1) is 13.2 Å². The van der Waals surface area contributed by atoms with Gasteiger partial charge in [-0.05, 0) is 24.5 Å². The van der Waals surface area contributed by atoms with Crippen molar-refractivity contribution in [3.05, 3.63) is 29.8 Å². The Balaban J connectivity index is 1.38. The summed E-state index contributed by atoms with van der Waals surface area (Å²) < 4.78 is 5.48. The van der Waals surface area contributed by atoms with Crippen molar-refractivity contribution >= 4 is 5.69 Å². The third-order valence-electron chi connectivity index (χ3n) is 5.27. The van der Waals surface area contributed by atoms with Gasteiger partial charge < -0.3 is 10.1 Å². The number of rotatable bonds is 2. The average Bonchev–Trinajstić information content (AvgIpc) is 3.05. The second kappa shape index (κ2) is 5.95. The van der Waals surface area contributed by atoms with Crippen LogP contribution in [-0.4, -0.2) is 67.8 Å². The Labute approximate surface area is 127 Å². The van der Waals surface area contributed by atoms with Crippen molar-refractivity contribution in [2.45, 2.75) is 24.9 Å². The Kier molecular flexibility index (Phi) is 3.84. The highest BCUT2D eigenvalue weighted by Crippen LogP contribution is 2.26. The van der Waals surface area contributed by atoms with Crippen molar-refractivity contribution in [2.24, 2.45) is 0 Å². The highest BCUT2D eigenvalue weighted by molar-refractivity contribution is 5.53. The van der Waals surface area contributed by atoms with Gasteiger partial charge in [0.1, 0.15) is 0 Å². The van der Waals surface area contributed by atoms with Gasteiger partial charge in [0, 0.05) is 50.5 Å². The Morgan fingerprint density at radius 2 is 1.86 bits per heavy atom. The first-order valence-corrected chi connectivity index (χ1v) is 8.28. The van der Waals surface area contributed by atoms with Crippen molar-refractivity contribution in [1.29, 1.82) is 0 Å². The third-order valence-corrected chi connectivity index (χ3v) is 5.27. The van der Waals surface area contributed by atoms with E-state index in [-0.39, 0.29) is 0 Å². The van der Waals surface area contributed by atoms with E-state index in [2.05, 4.69) is 39.4 Å². The molecule has 1 N–H and O–H groups in total. The molecule has 2 saturated heterocycles. The molecule has 4 nitrogen and oxygen atoms in total. The molecule has 0 saturated carbocycles. The summed E-state index contributed by atoms with van der Waals surface area (Å²) in [7, 11) is 0. The molecule has 0 aliphatic carbocycles. The monoisotopic (exact) mass is 287 g/mol. The number of para-hydroxylation sites is 1. The molecule has 0 radical (unpaired) electrons. The summed E-state index contributed by atoms with van der Waals surface area (Å²) in [6.45, 7) is 7.62. The van der Waals surface area contributed by atoms with Crippen molar-refractivity contribution in [3.63, 3.8) is 0 Å². The Morgan fingerprint density at radius 1 is 1.00 bits per heavy atom. The number of nitrogens with one attached hydrogen (secondary N) is 1. The summed E-state index contributed by atoms with van der Waals surface area (Å²) in [6.07, 6.45) is 2.51. The number of benzene rings is 1. The zero-order valence-electron chi connectivity index (χ0n) is 12.6. The molecule has 114 valence electrons. The lowest BCUT2D eigenvalue weighted by Gasteiger charge is -2.35. The van der Waals surface area contributed by atoms with Gasteiger partial charge in [-0.2, -0.15) is 0 Å². The molecule has 4 heteroatoms. The largest absolute Gasteiger partial charge is 0.383 e. The number of ether oxygens (including phenoxy) is 1. The predicted octanol–water partition coefficient (Wildman–Crippen LogP) is 1.43. The molecule has 3 heterocycles. The van der Waals surface area contributed by atoms with Crippen molar-refractivity contribution < 1.29 is 4.74 Å². The topological polar surface area (TPSA) is 27.7 Å². The molecular weight excluding hydrogens is 262 g/mol. The molecule has 21 heavy (non-hydrogen) atoms. The minimum atomic E-state index is 0.658. The molecule has 4 rings (SSSR count). The van der Waals surface area contributed by atoms with E-state index in [0.29, 0.717) is 6.04 Å². The van der Waals surface area contributed by atoms with Crippen LogP contribution in [0, 0.1) is 0 Å². The Bertz CT molecular complexity index is 487. The van der Waals surface area contributed by atoms with Crippen LogP contribution in [0.15, 0.2) is 24.3 Å². The molecule has 2 fully saturated rings. The average molecular weight is 287 g/mol. The van der Waals surface area contributed by atoms with E-state index in [0.717, 1.165) is 38.9 Å². The standard InChI is InChI=1S/C17H25N3O/c1-2-4-17-14(3-1)11-16(12-18-17)20-6-5-15(13-20)19-7-9-21-10-8-19/h1-4,15-16,18H,5-13H2. The maximum absolute atomic E-state index is 5.48. The van der Waals surface area contributed by atoms with Crippen molar-refractivity contribution in [1.82, 2.24) is 9.80 Å². The highest BCUT2D eigenvalue weighted by Gasteiger charge is 2.33. The first kappa shape index (κ1) is 13.6. The minimum Gasteiger partial charge on any atom is -0.383 e. The number of likely N-dealkylation sites (tertiary alicyclic amines) is 1. The summed E-state index contributed by atoms with van der Waals surface area (Å²) in [5.74, 6) is 0. The molecule has 0 spiro atoms. The van der Waals surface area contributed by atoms with Gasteiger partial charge in [-0.25, -0.2) is 0 Å². The molecule has 0 bridgehead atoms. The van der Waals surface area contributed by atoms with Gasteiger partial charge in [-0.3, -0.25) is 9.80 Å². The van der Waals surface area contributed by atoms with Crippen molar-refractivity contribution in [2.75, 3.05) is 51.3 Å². The van der Waals surface area contributed by atoms with Gasteiger partial charge >= 0.3 is 0 Å². The van der Waals surface area contributed by atoms with Crippen LogP contribution in [0.3, 0.4) is 0 Å². The molecular formula is C17H25N3O. The Morgan fingerprint density at radius 3 is 2.76 bits per heavy atom. The van der Waals surface area contributed by atoms with Crippen LogP contribution in [0.1, 0.15) is 12.0 Å². The van der Waals surface area contributed by atoms with Crippen LogP contribution in [0.2, 0.25) is 0 Å². The number of morpholine rings is 1. The van der Waals surface area contributed by atoms with E-state index >= 15 is 0 Å². The zero-order valence-corrected chi connectivity index (χ0v) is 12.6. The fraction of sp³-hybridized carbons (Fsp3) is 0.647. The molecule has 1 aromatic rings. The smallest absolute Gasteiger partial charge is 0.0594 e. The Hall–Kier alpha value is -1.10. The van der Waals surface area contributed by atoms with E-state index in [1.54, 1.807) is 0 Å². The summed E-state index contributed by atoms with van der Waals surface area (Å²) in [5.41, 5.74) is 2.81. The molecule has 0 aromatic heterocycles. The number of hydrogen-bond acceptors (Lipinski definition) is 4. The number of nitrogens with zero attached hydrogens (tertiary/aromatic N) is 2. The first-order valence-electron chi connectivity index (χ1n) is 8.28. The normalized spacial score (nSPS) is 30.9. The summed E-state index contributed by atoms with van der Waals surface area (Å²) in [6, 6.07) is 10.1. The molecule has 3 aliphatic heterocycles. The van der Waals surface area contributed by atoms with Crippen LogP contribution >= 0.6 is 0 Å². The van der Waals surface area contributed by atoms with Crippen LogP contribution in [0.25, 0.3) is 0 Å².